The second kappa shape index (κ2) is 7.45. The van der Waals surface area contributed by atoms with Gasteiger partial charge in [-0.3, -0.25) is 9.59 Å². The van der Waals surface area contributed by atoms with Crippen molar-refractivity contribution < 1.29 is 38.9 Å². The lowest BCUT2D eigenvalue weighted by Gasteiger charge is -2.41. The average Bonchev–Trinajstić information content (AvgIpc) is 3.12. The van der Waals surface area contributed by atoms with Crippen molar-refractivity contribution in [2.24, 2.45) is 11.7 Å². The van der Waals surface area contributed by atoms with Crippen LogP contribution < -0.4 is 20.4 Å². The minimum Gasteiger partial charge on any atom is -0.669 e. The number of rotatable bonds is 5. The van der Waals surface area contributed by atoms with E-state index in [4.69, 9.17) is 15.1 Å². The van der Waals surface area contributed by atoms with E-state index < -0.39 is 30.8 Å². The first kappa shape index (κ1) is 20.4. The molecule has 3 aliphatic rings. The Balaban J connectivity index is 1.41. The monoisotopic (exact) mass is 420 g/mol. The number of fused-ring (bicyclic) bond motifs is 1. The van der Waals surface area contributed by atoms with Crippen molar-refractivity contribution in [2.75, 3.05) is 19.6 Å². The number of carboxylic acids is 1. The molecule has 30 heavy (non-hydrogen) atoms. The van der Waals surface area contributed by atoms with E-state index in [9.17, 15) is 29.5 Å². The maximum absolute atomic E-state index is 12.5. The number of primary amides is 1. The van der Waals surface area contributed by atoms with Gasteiger partial charge in [-0.1, -0.05) is 12.4 Å². The van der Waals surface area contributed by atoms with Crippen molar-refractivity contribution >= 4 is 24.5 Å². The molecule has 0 saturated carbocycles. The largest absolute Gasteiger partial charge is 0.669 e. The summed E-state index contributed by atoms with van der Waals surface area (Å²) in [6, 6.07) is 2.68. The molecule has 2 saturated heterocycles. The van der Waals surface area contributed by atoms with E-state index >= 15 is 0 Å². The minimum atomic E-state index is -3.12. The molecule has 0 radical (unpaired) electrons. The molecule has 0 aromatic heterocycles. The zero-order chi connectivity index (χ0) is 21.6. The van der Waals surface area contributed by atoms with Crippen LogP contribution in [-0.4, -0.2) is 76.4 Å². The van der Waals surface area contributed by atoms with Crippen molar-refractivity contribution in [2.45, 2.75) is 31.3 Å². The Bertz CT molecular complexity index is 902. The zero-order valence-corrected chi connectivity index (χ0v) is 16.1. The Morgan fingerprint density at radius 1 is 1.27 bits per heavy atom. The molecule has 0 bridgehead atoms. The van der Waals surface area contributed by atoms with Gasteiger partial charge in [0.15, 0.2) is 0 Å². The molecular weight excluding hydrogens is 397 g/mol. The fourth-order valence-electron chi connectivity index (χ4n) is 4.06. The molecule has 1 aromatic carbocycles. The summed E-state index contributed by atoms with van der Waals surface area (Å²) in [4.78, 5) is 37.1. The summed E-state index contributed by atoms with van der Waals surface area (Å²) < 4.78 is 10.9. The van der Waals surface area contributed by atoms with Gasteiger partial charge < -0.3 is 40.5 Å². The molecule has 0 aliphatic carbocycles. The van der Waals surface area contributed by atoms with Crippen LogP contribution in [0.15, 0.2) is 12.1 Å². The summed E-state index contributed by atoms with van der Waals surface area (Å²) >= 11 is 0. The fraction of sp³-hybridized carbons (Fsp3) is 0.500. The van der Waals surface area contributed by atoms with Gasteiger partial charge in [-0.2, -0.15) is 0 Å². The number of nitrogens with one attached hydrogen (secondary N) is 1. The summed E-state index contributed by atoms with van der Waals surface area (Å²) in [5.41, 5.74) is 5.57. The van der Waals surface area contributed by atoms with Crippen LogP contribution in [0.4, 0.5) is 0 Å². The molecule has 0 unspecified atom stereocenters. The summed E-state index contributed by atoms with van der Waals surface area (Å²) in [5, 5.41) is 32.2. The van der Waals surface area contributed by atoms with Gasteiger partial charge in [-0.25, -0.2) is 4.79 Å². The number of likely N-dealkylation sites (tertiary alicyclic amines) is 1. The van der Waals surface area contributed by atoms with Crippen molar-refractivity contribution in [3.05, 3.63) is 23.3 Å². The van der Waals surface area contributed by atoms with E-state index in [0.717, 1.165) is 0 Å². The lowest BCUT2D eigenvalue weighted by Crippen LogP contribution is -2.59. The molecule has 3 aliphatic heterocycles. The molecule has 4 rings (SSSR count). The van der Waals surface area contributed by atoms with E-state index in [0.29, 0.717) is 18.5 Å². The molecule has 2 fully saturated rings. The molecular formula is C18H23BN3O8-. The second-order valence-corrected chi connectivity index (χ2v) is 8.03. The lowest BCUT2D eigenvalue weighted by molar-refractivity contribution is -0.142. The Kier molecular flexibility index (Phi) is 5.08. The van der Waals surface area contributed by atoms with E-state index in [1.807, 2.05) is 0 Å². The van der Waals surface area contributed by atoms with Crippen LogP contribution in [0, 0.1) is 5.92 Å². The highest BCUT2D eigenvalue weighted by atomic mass is 16.6. The second-order valence-electron chi connectivity index (χ2n) is 8.03. The highest BCUT2D eigenvalue weighted by Gasteiger charge is 2.41. The third kappa shape index (κ3) is 3.81. The summed E-state index contributed by atoms with van der Waals surface area (Å²) in [7, 11) is 0. The van der Waals surface area contributed by atoms with Gasteiger partial charge in [0.25, 0.3) is 0 Å². The number of carbonyl (C=O) groups excluding carboxylic acids is 2. The van der Waals surface area contributed by atoms with E-state index in [1.54, 1.807) is 11.0 Å². The van der Waals surface area contributed by atoms with Crippen LogP contribution in [-0.2, 0) is 16.0 Å². The predicted octanol–water partition coefficient (Wildman–Crippen LogP) is -1.70. The molecule has 1 aromatic rings. The van der Waals surface area contributed by atoms with Crippen LogP contribution in [0.1, 0.15) is 22.3 Å². The van der Waals surface area contributed by atoms with Crippen molar-refractivity contribution in [3.8, 4) is 11.5 Å². The Morgan fingerprint density at radius 3 is 2.63 bits per heavy atom. The number of carbonyl (C=O) groups is 3. The standard InChI is InChI=1S/C18H23BN3O8/c20-16(23)10-5-12(21-6-10)17(24)22-7-11(8-22)29-13-2-1-9-3-4-19(27,28)30-15(9)14(13)18(25)26/h1-2,10-12,21,27-28H,3-8H2,(H2,20,23)(H,25,26)/q-1/t10-,12-/m0/s1. The van der Waals surface area contributed by atoms with Crippen molar-refractivity contribution in [3.63, 3.8) is 0 Å². The Labute approximate surface area is 171 Å². The SMILES string of the molecule is NC(=O)[C@@H]1CN[C@H](C(=O)N2CC(Oc3ccc4c(c3C(=O)O)O[B-](O)(O)CC4)C2)C1. The van der Waals surface area contributed by atoms with E-state index in [1.165, 1.54) is 6.07 Å². The van der Waals surface area contributed by atoms with Gasteiger partial charge in [0.1, 0.15) is 17.4 Å². The molecule has 11 nitrogen and oxygen atoms in total. The number of nitrogens with two attached hydrogens (primary N) is 1. The van der Waals surface area contributed by atoms with E-state index in [2.05, 4.69) is 5.32 Å². The fourth-order valence-corrected chi connectivity index (χ4v) is 4.06. The number of aromatic carboxylic acids is 1. The van der Waals surface area contributed by atoms with Crippen LogP contribution in [0.5, 0.6) is 11.5 Å². The first-order chi connectivity index (χ1) is 14.1. The number of nitrogens with zero attached hydrogens (tertiary/aromatic N) is 1. The van der Waals surface area contributed by atoms with Gasteiger partial charge in [-0.05, 0) is 24.5 Å². The third-order valence-electron chi connectivity index (χ3n) is 5.80. The van der Waals surface area contributed by atoms with E-state index in [-0.39, 0.29) is 54.7 Å². The van der Waals surface area contributed by atoms with Crippen LogP contribution in [0.2, 0.25) is 6.32 Å². The number of hydrogen-bond acceptors (Lipinski definition) is 8. The van der Waals surface area contributed by atoms with Gasteiger partial charge in [0.2, 0.25) is 11.8 Å². The number of ether oxygens (including phenoxy) is 1. The quantitative estimate of drug-likeness (QED) is 0.348. The predicted molar refractivity (Wildman–Crippen MR) is 103 cm³/mol. The average molecular weight is 420 g/mol. The highest BCUT2D eigenvalue weighted by molar-refractivity contribution is 6.59. The number of amides is 2. The summed E-state index contributed by atoms with van der Waals surface area (Å²) in [6.45, 7) is -2.21. The first-order valence-corrected chi connectivity index (χ1v) is 9.81. The molecule has 6 N–H and O–H groups in total. The van der Waals surface area contributed by atoms with Gasteiger partial charge >= 0.3 is 12.7 Å². The normalized spacial score (nSPS) is 25.1. The van der Waals surface area contributed by atoms with Crippen LogP contribution in [0.3, 0.4) is 0 Å². The smallest absolute Gasteiger partial charge is 0.430 e. The van der Waals surface area contributed by atoms with Crippen molar-refractivity contribution in [1.29, 1.82) is 0 Å². The Morgan fingerprint density at radius 2 is 2.00 bits per heavy atom. The Hall–Kier alpha value is -2.83. The van der Waals surface area contributed by atoms with Gasteiger partial charge in [0, 0.05) is 6.54 Å². The zero-order valence-electron chi connectivity index (χ0n) is 16.1. The van der Waals surface area contributed by atoms with Crippen molar-refractivity contribution in [1.82, 2.24) is 10.2 Å². The number of hydrogen-bond donors (Lipinski definition) is 5. The summed E-state index contributed by atoms with van der Waals surface area (Å²) in [5.74, 6) is -2.33. The molecule has 12 heteroatoms. The molecule has 3 heterocycles. The summed E-state index contributed by atoms with van der Waals surface area (Å²) in [6.07, 6.45) is 0.195. The van der Waals surface area contributed by atoms with Gasteiger partial charge in [0.05, 0.1) is 30.8 Å². The van der Waals surface area contributed by atoms with Crippen LogP contribution >= 0.6 is 0 Å². The molecule has 2 atom stereocenters. The third-order valence-corrected chi connectivity index (χ3v) is 5.80. The number of carboxylic acid groups (broad SMARTS) is 1. The minimum absolute atomic E-state index is 0.0161. The molecule has 2 amide bonds. The molecule has 162 valence electrons. The van der Waals surface area contributed by atoms with Gasteiger partial charge in [-0.15, -0.1) is 0 Å². The topological polar surface area (TPSA) is 172 Å². The van der Waals surface area contributed by atoms with Crippen LogP contribution in [0.25, 0.3) is 0 Å². The number of benzene rings is 1. The highest BCUT2D eigenvalue weighted by Crippen LogP contribution is 2.39. The maximum atomic E-state index is 12.5. The molecule has 0 spiro atoms. The maximum Gasteiger partial charge on any atom is 0.430 e. The number of aryl methyl sites for hydroxylation is 1. The first-order valence-electron chi connectivity index (χ1n) is 9.81. The lowest BCUT2D eigenvalue weighted by atomic mass is 9.70.